The van der Waals surface area contributed by atoms with Crippen molar-refractivity contribution in [2.24, 2.45) is 0 Å². The number of nitrogens with two attached hydrogens (primary N) is 2. The molecule has 13 nitrogen and oxygen atoms in total. The standard InChI is InChI=1S/C15H16ClN5O.C14H16N6O/c1-20-4-6-21(7-5-20)14-13-12(18-15(17)19-14)10-3-2-9(16)8-11(10)22-13;1-19-5-7-20(8-6-19)12-11-10(17-14(15)18-12)9-3-2-4-16-13(9)21-11/h2-3,8H,4-7H2,1H3,(H2,17,18,19);2-4H,5-8H2,1H3,(H2,15,17,18). The molecule has 2 fully saturated rings. The van der Waals surface area contributed by atoms with Crippen molar-refractivity contribution < 1.29 is 8.83 Å². The van der Waals surface area contributed by atoms with Crippen LogP contribution >= 0.6 is 11.6 Å². The lowest BCUT2D eigenvalue weighted by Gasteiger charge is -2.33. The van der Waals surface area contributed by atoms with Gasteiger partial charge in [-0.2, -0.15) is 9.97 Å². The SMILES string of the molecule is CN1CCN(c2nc(N)nc3c2oc2cc(Cl)ccc23)CC1.CN1CCN(c2nc(N)nc3c2oc2ncccc23)CC1. The fraction of sp³-hybridized carbons (Fsp3) is 0.345. The highest BCUT2D eigenvalue weighted by Crippen LogP contribution is 2.35. The highest BCUT2D eigenvalue weighted by molar-refractivity contribution is 6.31. The molecule has 43 heavy (non-hydrogen) atoms. The Hall–Kier alpha value is -4.46. The van der Waals surface area contributed by atoms with Crippen molar-refractivity contribution in [3.05, 3.63) is 41.6 Å². The smallest absolute Gasteiger partial charge is 0.229 e. The summed E-state index contributed by atoms with van der Waals surface area (Å²) in [4.78, 5) is 30.7. The first kappa shape index (κ1) is 27.4. The number of anilines is 4. The van der Waals surface area contributed by atoms with E-state index in [1.807, 2.05) is 24.3 Å². The molecule has 0 amide bonds. The van der Waals surface area contributed by atoms with Gasteiger partial charge in [-0.15, -0.1) is 0 Å². The third-order valence-electron chi connectivity index (χ3n) is 7.97. The first-order valence-electron chi connectivity index (χ1n) is 14.2. The number of hydrogen-bond donors (Lipinski definition) is 2. The number of aromatic nitrogens is 5. The number of nitrogen functional groups attached to an aromatic ring is 2. The lowest BCUT2D eigenvalue weighted by atomic mass is 10.2. The summed E-state index contributed by atoms with van der Waals surface area (Å²) in [7, 11) is 4.23. The Kier molecular flexibility index (Phi) is 7.00. The number of nitrogens with zero attached hydrogens (tertiary/aromatic N) is 9. The van der Waals surface area contributed by atoms with E-state index in [0.717, 1.165) is 85.8 Å². The second-order valence-electron chi connectivity index (χ2n) is 10.9. The van der Waals surface area contributed by atoms with Gasteiger partial charge in [0.25, 0.3) is 0 Å². The molecule has 222 valence electrons. The van der Waals surface area contributed by atoms with Crippen molar-refractivity contribution in [3.8, 4) is 0 Å². The predicted octanol–water partition coefficient (Wildman–Crippen LogP) is 3.47. The summed E-state index contributed by atoms with van der Waals surface area (Å²) in [5.74, 6) is 2.06. The van der Waals surface area contributed by atoms with E-state index in [2.05, 4.69) is 58.6 Å². The molecule has 2 aliphatic rings. The molecule has 4 N–H and O–H groups in total. The van der Waals surface area contributed by atoms with E-state index in [-0.39, 0.29) is 11.9 Å². The van der Waals surface area contributed by atoms with Gasteiger partial charge in [0.15, 0.2) is 22.8 Å². The minimum atomic E-state index is 0.263. The van der Waals surface area contributed by atoms with E-state index in [9.17, 15) is 0 Å². The Labute approximate surface area is 252 Å². The number of furan rings is 2. The van der Waals surface area contributed by atoms with E-state index >= 15 is 0 Å². The zero-order valence-electron chi connectivity index (χ0n) is 24.0. The number of benzene rings is 1. The van der Waals surface area contributed by atoms with Crippen LogP contribution in [-0.2, 0) is 0 Å². The Morgan fingerprint density at radius 3 is 1.86 bits per heavy atom. The molecule has 0 saturated carbocycles. The van der Waals surface area contributed by atoms with Crippen LogP contribution in [0.4, 0.5) is 23.5 Å². The van der Waals surface area contributed by atoms with Crippen molar-refractivity contribution >= 4 is 79.4 Å². The summed E-state index contributed by atoms with van der Waals surface area (Å²) in [5, 5.41) is 2.41. The monoisotopic (exact) mass is 601 g/mol. The van der Waals surface area contributed by atoms with Gasteiger partial charge in [0.1, 0.15) is 16.6 Å². The summed E-state index contributed by atoms with van der Waals surface area (Å²) in [6.07, 6.45) is 1.71. The average Bonchev–Trinajstić information content (AvgIpc) is 3.55. The lowest BCUT2D eigenvalue weighted by molar-refractivity contribution is 0.312. The molecule has 0 bridgehead atoms. The Bertz CT molecular complexity index is 1940. The van der Waals surface area contributed by atoms with Crippen molar-refractivity contribution in [2.45, 2.75) is 0 Å². The molecule has 2 saturated heterocycles. The van der Waals surface area contributed by atoms with Gasteiger partial charge < -0.3 is 39.9 Å². The molecular weight excluding hydrogens is 570 g/mol. The van der Waals surface area contributed by atoms with Crippen LogP contribution in [0.25, 0.3) is 44.3 Å². The highest BCUT2D eigenvalue weighted by atomic mass is 35.5. The summed E-state index contributed by atoms with van der Waals surface area (Å²) in [5.41, 5.74) is 15.9. The van der Waals surface area contributed by atoms with Crippen molar-refractivity contribution in [2.75, 3.05) is 87.7 Å². The summed E-state index contributed by atoms with van der Waals surface area (Å²) in [6.45, 7) is 7.52. The Morgan fingerprint density at radius 2 is 1.26 bits per heavy atom. The number of piperazine rings is 2. The molecule has 8 rings (SSSR count). The molecule has 2 aliphatic heterocycles. The lowest BCUT2D eigenvalue weighted by Crippen LogP contribution is -2.45. The average molecular weight is 602 g/mol. The fourth-order valence-electron chi connectivity index (χ4n) is 5.56. The van der Waals surface area contributed by atoms with Gasteiger partial charge in [0, 0.05) is 75.0 Å². The maximum Gasteiger partial charge on any atom is 0.229 e. The normalized spacial score (nSPS) is 16.8. The maximum absolute atomic E-state index is 6.05. The van der Waals surface area contributed by atoms with Crippen LogP contribution in [0.15, 0.2) is 45.4 Å². The van der Waals surface area contributed by atoms with Crippen LogP contribution in [0, 0.1) is 0 Å². The number of rotatable bonds is 2. The fourth-order valence-corrected chi connectivity index (χ4v) is 5.73. The van der Waals surface area contributed by atoms with E-state index in [4.69, 9.17) is 31.9 Å². The molecule has 0 spiro atoms. The third-order valence-corrected chi connectivity index (χ3v) is 8.21. The molecule has 7 heterocycles. The number of hydrogen-bond acceptors (Lipinski definition) is 13. The van der Waals surface area contributed by atoms with Crippen LogP contribution in [0.1, 0.15) is 0 Å². The first-order chi connectivity index (χ1) is 20.8. The van der Waals surface area contributed by atoms with Gasteiger partial charge in [0.2, 0.25) is 17.6 Å². The van der Waals surface area contributed by atoms with Crippen LogP contribution in [0.5, 0.6) is 0 Å². The van der Waals surface area contributed by atoms with Gasteiger partial charge in [0.05, 0.1) is 5.39 Å². The number of pyridine rings is 1. The van der Waals surface area contributed by atoms with Gasteiger partial charge in [-0.25, -0.2) is 15.0 Å². The molecule has 6 aromatic rings. The molecule has 0 radical (unpaired) electrons. The van der Waals surface area contributed by atoms with Gasteiger partial charge in [-0.3, -0.25) is 0 Å². The molecular formula is C29H32ClN11O2. The zero-order valence-corrected chi connectivity index (χ0v) is 24.8. The van der Waals surface area contributed by atoms with Crippen LogP contribution in [0.3, 0.4) is 0 Å². The van der Waals surface area contributed by atoms with Crippen molar-refractivity contribution in [1.82, 2.24) is 34.7 Å². The molecule has 0 atom stereocenters. The van der Waals surface area contributed by atoms with Crippen LogP contribution in [0.2, 0.25) is 5.02 Å². The van der Waals surface area contributed by atoms with Crippen LogP contribution < -0.4 is 21.3 Å². The molecule has 14 heteroatoms. The Morgan fingerprint density at radius 1 is 0.698 bits per heavy atom. The Balaban J connectivity index is 0.000000140. The van der Waals surface area contributed by atoms with Crippen molar-refractivity contribution in [3.63, 3.8) is 0 Å². The number of likely N-dealkylation sites (N-methyl/N-ethyl adjacent to an activating group) is 2. The first-order valence-corrected chi connectivity index (χ1v) is 14.5. The molecule has 1 aromatic carbocycles. The molecule has 5 aromatic heterocycles. The highest BCUT2D eigenvalue weighted by Gasteiger charge is 2.24. The second kappa shape index (κ2) is 11.0. The summed E-state index contributed by atoms with van der Waals surface area (Å²) >= 11 is 6.05. The molecule has 0 unspecified atom stereocenters. The number of halogens is 1. The topological polar surface area (TPSA) is 156 Å². The summed E-state index contributed by atoms with van der Waals surface area (Å²) < 4.78 is 11.9. The summed E-state index contributed by atoms with van der Waals surface area (Å²) in [6, 6.07) is 9.33. The van der Waals surface area contributed by atoms with E-state index in [0.29, 0.717) is 27.5 Å². The van der Waals surface area contributed by atoms with Crippen LogP contribution in [-0.4, -0.2) is 101 Å². The zero-order chi connectivity index (χ0) is 29.7. The minimum absolute atomic E-state index is 0.263. The van der Waals surface area contributed by atoms with Gasteiger partial charge in [-0.1, -0.05) is 11.6 Å². The molecule has 0 aliphatic carbocycles. The van der Waals surface area contributed by atoms with E-state index in [1.165, 1.54) is 0 Å². The number of fused-ring (bicyclic) bond motifs is 6. The van der Waals surface area contributed by atoms with Gasteiger partial charge in [-0.05, 0) is 38.4 Å². The largest absolute Gasteiger partial charge is 0.450 e. The maximum atomic E-state index is 6.05. The van der Waals surface area contributed by atoms with E-state index < -0.39 is 0 Å². The van der Waals surface area contributed by atoms with Crippen molar-refractivity contribution in [1.29, 1.82) is 0 Å². The predicted molar refractivity (Wildman–Crippen MR) is 170 cm³/mol. The third kappa shape index (κ3) is 5.19. The second-order valence-corrected chi connectivity index (χ2v) is 11.4. The van der Waals surface area contributed by atoms with E-state index in [1.54, 1.807) is 12.3 Å². The minimum Gasteiger partial charge on any atom is -0.450 e. The quantitative estimate of drug-likeness (QED) is 0.298. The van der Waals surface area contributed by atoms with Gasteiger partial charge >= 0.3 is 0 Å².